The van der Waals surface area contributed by atoms with Crippen molar-refractivity contribution >= 4 is 39.0 Å². The van der Waals surface area contributed by atoms with E-state index in [4.69, 9.17) is 9.84 Å². The summed E-state index contributed by atoms with van der Waals surface area (Å²) in [6, 6.07) is 14.0. The van der Waals surface area contributed by atoms with Gasteiger partial charge in [0.05, 0.1) is 26.6 Å². The third-order valence-corrected chi connectivity index (χ3v) is 9.54. The van der Waals surface area contributed by atoms with Gasteiger partial charge in [-0.2, -0.15) is 0 Å². The quantitative estimate of drug-likeness (QED) is 0.283. The van der Waals surface area contributed by atoms with Gasteiger partial charge in [0, 0.05) is 29.4 Å². The molecule has 0 unspecified atom stereocenters. The Morgan fingerprint density at radius 1 is 1.10 bits per heavy atom. The highest BCUT2D eigenvalue weighted by molar-refractivity contribution is 7.91. The normalized spacial score (nSPS) is 17.5. The summed E-state index contributed by atoms with van der Waals surface area (Å²) in [5.41, 5.74) is 1.61. The van der Waals surface area contributed by atoms with Gasteiger partial charge >= 0.3 is 12.2 Å². The number of anilines is 1. The predicted molar refractivity (Wildman–Crippen MR) is 151 cm³/mol. The van der Waals surface area contributed by atoms with Crippen molar-refractivity contribution in [2.75, 3.05) is 11.1 Å². The molecule has 1 aromatic heterocycles. The lowest BCUT2D eigenvalue weighted by atomic mass is 9.86. The lowest BCUT2D eigenvalue weighted by Gasteiger charge is -2.28. The van der Waals surface area contributed by atoms with Gasteiger partial charge in [-0.1, -0.05) is 36.4 Å². The number of carbonyl (C=O) groups excluding carboxylic acids is 1. The number of sulfone groups is 1. The number of thiazole rings is 1. The van der Waals surface area contributed by atoms with Crippen LogP contribution in [0, 0.1) is 0 Å². The number of carbonyl (C=O) groups is 2. The summed E-state index contributed by atoms with van der Waals surface area (Å²) in [4.78, 5) is 28.6. The van der Waals surface area contributed by atoms with Crippen LogP contribution >= 0.6 is 11.3 Å². The summed E-state index contributed by atoms with van der Waals surface area (Å²) in [7, 11) is -3.74. The van der Waals surface area contributed by atoms with Gasteiger partial charge in [-0.25, -0.2) is 23.0 Å². The minimum Gasteiger partial charge on any atom is -0.465 e. The Labute approximate surface area is 232 Å². The Morgan fingerprint density at radius 3 is 2.49 bits per heavy atom. The van der Waals surface area contributed by atoms with E-state index in [2.05, 4.69) is 15.6 Å². The number of rotatable bonds is 9. The van der Waals surface area contributed by atoms with Gasteiger partial charge in [0.15, 0.2) is 9.84 Å². The van der Waals surface area contributed by atoms with Crippen LogP contribution in [0.1, 0.15) is 56.0 Å². The molecule has 3 aromatic rings. The summed E-state index contributed by atoms with van der Waals surface area (Å²) >= 11 is 1.46. The number of amides is 2. The van der Waals surface area contributed by atoms with Crippen molar-refractivity contribution in [1.29, 1.82) is 0 Å². The van der Waals surface area contributed by atoms with Crippen LogP contribution in [0.4, 0.5) is 15.3 Å². The van der Waals surface area contributed by atoms with Gasteiger partial charge in [-0.15, -0.1) is 11.3 Å². The molecule has 0 atom stereocenters. The molecule has 2 amide bonds. The van der Waals surface area contributed by atoms with Crippen LogP contribution in [0.25, 0.3) is 10.4 Å². The molecule has 9 nitrogen and oxygen atoms in total. The fraction of sp³-hybridized carbons (Fsp3) is 0.393. The Balaban J connectivity index is 1.52. The van der Waals surface area contributed by atoms with Crippen LogP contribution in [-0.2, 0) is 21.0 Å². The molecule has 0 bridgehead atoms. The van der Waals surface area contributed by atoms with Crippen LogP contribution in [-0.4, -0.2) is 48.6 Å². The predicted octanol–water partition coefficient (Wildman–Crippen LogP) is 6.08. The van der Waals surface area contributed by atoms with Crippen molar-refractivity contribution in [2.24, 2.45) is 0 Å². The summed E-state index contributed by atoms with van der Waals surface area (Å²) < 4.78 is 32.2. The highest BCUT2D eigenvalue weighted by Gasteiger charge is 2.27. The van der Waals surface area contributed by atoms with E-state index in [1.807, 2.05) is 44.2 Å². The number of hydrogen-bond donors (Lipinski definition) is 3. The van der Waals surface area contributed by atoms with Gasteiger partial charge in [0.2, 0.25) is 0 Å². The molecule has 0 aliphatic heterocycles. The zero-order chi connectivity index (χ0) is 28.0. The Hall–Kier alpha value is -3.44. The molecule has 2 aromatic carbocycles. The molecule has 4 rings (SSSR count). The first-order chi connectivity index (χ1) is 18.6. The fourth-order valence-corrected chi connectivity index (χ4v) is 7.43. The Morgan fingerprint density at radius 2 is 1.82 bits per heavy atom. The van der Waals surface area contributed by atoms with E-state index in [0.29, 0.717) is 16.9 Å². The maximum absolute atomic E-state index is 13.5. The number of nitrogens with one attached hydrogen (secondary N) is 2. The molecular formula is C28H33N3O6S2. The van der Waals surface area contributed by atoms with Crippen LogP contribution in [0.15, 0.2) is 59.6 Å². The van der Waals surface area contributed by atoms with Crippen LogP contribution in [0.5, 0.6) is 0 Å². The number of benzene rings is 2. The van der Waals surface area contributed by atoms with Gasteiger partial charge in [0.25, 0.3) is 0 Å². The SMILES string of the molecule is CC(C)OC(=O)NC1CCC(c2ncc(-c3ccc(NC(=O)O)cc3S(=O)(=O)CCc3ccccc3)s2)CC1. The fourth-order valence-electron chi connectivity index (χ4n) is 4.69. The molecule has 1 aliphatic carbocycles. The second kappa shape index (κ2) is 12.6. The number of aromatic nitrogens is 1. The lowest BCUT2D eigenvalue weighted by Crippen LogP contribution is -2.38. The Kier molecular flexibility index (Phi) is 9.24. The van der Waals surface area contributed by atoms with E-state index in [0.717, 1.165) is 36.3 Å². The van der Waals surface area contributed by atoms with Crippen LogP contribution < -0.4 is 10.6 Å². The highest BCUT2D eigenvalue weighted by atomic mass is 32.2. The van der Waals surface area contributed by atoms with Crippen LogP contribution in [0.3, 0.4) is 0 Å². The number of carboxylic acid groups (broad SMARTS) is 1. The summed E-state index contributed by atoms with van der Waals surface area (Å²) in [6.07, 6.45) is 3.52. The molecule has 39 heavy (non-hydrogen) atoms. The number of nitrogens with zero attached hydrogens (tertiary/aromatic N) is 1. The molecule has 0 saturated heterocycles. The minimum atomic E-state index is -3.74. The number of ether oxygens (including phenoxy) is 1. The van der Waals surface area contributed by atoms with E-state index in [-0.39, 0.29) is 34.4 Å². The lowest BCUT2D eigenvalue weighted by molar-refractivity contribution is 0.109. The van der Waals surface area contributed by atoms with Crippen molar-refractivity contribution in [1.82, 2.24) is 10.3 Å². The number of aryl methyl sites for hydroxylation is 1. The van der Waals surface area contributed by atoms with E-state index >= 15 is 0 Å². The first-order valence-corrected chi connectivity index (χ1v) is 15.4. The zero-order valence-corrected chi connectivity index (χ0v) is 23.6. The number of hydrogen-bond acceptors (Lipinski definition) is 7. The molecular weight excluding hydrogens is 538 g/mol. The van der Waals surface area contributed by atoms with Gasteiger partial charge in [-0.3, -0.25) is 5.32 Å². The minimum absolute atomic E-state index is 0.0579. The highest BCUT2D eigenvalue weighted by Crippen LogP contribution is 2.40. The van der Waals surface area contributed by atoms with Crippen molar-refractivity contribution in [3.63, 3.8) is 0 Å². The summed E-state index contributed by atoms with van der Waals surface area (Å²) in [5.74, 6) is 0.108. The van der Waals surface area contributed by atoms with Crippen molar-refractivity contribution in [3.8, 4) is 10.4 Å². The largest absolute Gasteiger partial charge is 0.465 e. The first kappa shape index (κ1) is 28.6. The molecule has 1 fully saturated rings. The van der Waals surface area contributed by atoms with Gasteiger partial charge < -0.3 is 15.2 Å². The van der Waals surface area contributed by atoms with E-state index in [1.165, 1.54) is 17.4 Å². The van der Waals surface area contributed by atoms with Crippen molar-refractivity contribution in [3.05, 3.63) is 65.3 Å². The molecule has 1 saturated carbocycles. The molecule has 1 aliphatic rings. The summed E-state index contributed by atoms with van der Waals surface area (Å²) in [6.45, 7) is 3.62. The third kappa shape index (κ3) is 7.79. The molecule has 0 spiro atoms. The number of alkyl carbamates (subject to hydrolysis) is 1. The molecule has 11 heteroatoms. The van der Waals surface area contributed by atoms with Crippen molar-refractivity contribution in [2.45, 2.75) is 68.9 Å². The first-order valence-electron chi connectivity index (χ1n) is 12.9. The molecule has 0 radical (unpaired) electrons. The Bertz CT molecular complexity index is 1400. The van der Waals surface area contributed by atoms with E-state index < -0.39 is 22.0 Å². The molecule has 1 heterocycles. The second-order valence-corrected chi connectivity index (χ2v) is 13.0. The molecule has 3 N–H and O–H groups in total. The van der Waals surface area contributed by atoms with Gasteiger partial charge in [-0.05, 0) is 63.6 Å². The van der Waals surface area contributed by atoms with Crippen LogP contribution in [0.2, 0.25) is 0 Å². The maximum atomic E-state index is 13.5. The smallest absolute Gasteiger partial charge is 0.409 e. The third-order valence-electron chi connectivity index (χ3n) is 6.60. The van der Waals surface area contributed by atoms with Gasteiger partial charge in [0.1, 0.15) is 0 Å². The molecule has 208 valence electrons. The van der Waals surface area contributed by atoms with E-state index in [9.17, 15) is 18.0 Å². The monoisotopic (exact) mass is 571 g/mol. The zero-order valence-electron chi connectivity index (χ0n) is 21.9. The summed E-state index contributed by atoms with van der Waals surface area (Å²) in [5, 5.41) is 15.3. The average Bonchev–Trinajstić information content (AvgIpc) is 3.38. The van der Waals surface area contributed by atoms with E-state index in [1.54, 1.807) is 18.3 Å². The standard InChI is InChI=1S/C28H33N3O6S2/c1-18(2)37-28(34)31-21-10-8-20(9-11-21)26-29-17-24(38-26)23-13-12-22(30-27(32)33)16-25(23)39(35,36)15-14-19-6-4-3-5-7-19/h3-7,12-13,16-18,20-21,30H,8-11,14-15H2,1-2H3,(H,31,34)(H,32,33). The van der Waals surface area contributed by atoms with Crippen molar-refractivity contribution < 1.29 is 27.9 Å². The topological polar surface area (TPSA) is 135 Å². The second-order valence-electron chi connectivity index (χ2n) is 9.91. The maximum Gasteiger partial charge on any atom is 0.409 e. The average molecular weight is 572 g/mol.